The number of carbonyl (C=O) groups excluding carboxylic acids is 1. The van der Waals surface area contributed by atoms with E-state index in [4.69, 9.17) is 10.5 Å². The number of ether oxygens (including phenoxy) is 2. The van der Waals surface area contributed by atoms with Crippen LogP contribution in [-0.4, -0.2) is 24.7 Å². The first kappa shape index (κ1) is 15.4. The quantitative estimate of drug-likeness (QED) is 0.832. The molecule has 19 heavy (non-hydrogen) atoms. The Balaban J connectivity index is 2.67. The number of esters is 1. The lowest BCUT2D eigenvalue weighted by atomic mass is 9.96. The third-order valence-electron chi connectivity index (χ3n) is 2.84. The van der Waals surface area contributed by atoms with Gasteiger partial charge >= 0.3 is 5.97 Å². The summed E-state index contributed by atoms with van der Waals surface area (Å²) in [7, 11) is 1.29. The fourth-order valence-corrected chi connectivity index (χ4v) is 1.83. The molecular weight excluding hydrogens is 249 g/mol. The van der Waals surface area contributed by atoms with Crippen LogP contribution in [-0.2, 0) is 9.53 Å². The van der Waals surface area contributed by atoms with Gasteiger partial charge in [-0.05, 0) is 32.4 Å². The van der Waals surface area contributed by atoms with Gasteiger partial charge < -0.3 is 15.2 Å². The van der Waals surface area contributed by atoms with E-state index in [1.165, 1.54) is 13.2 Å². The molecule has 2 N–H and O–H groups in total. The van der Waals surface area contributed by atoms with Crippen molar-refractivity contribution >= 4 is 5.97 Å². The van der Waals surface area contributed by atoms with Gasteiger partial charge in [-0.1, -0.05) is 6.07 Å². The maximum absolute atomic E-state index is 13.4. The summed E-state index contributed by atoms with van der Waals surface area (Å²) in [5.41, 5.74) is 5.28. The van der Waals surface area contributed by atoms with Crippen LogP contribution in [0.5, 0.6) is 5.75 Å². The maximum atomic E-state index is 13.4. The number of aryl methyl sites for hydroxylation is 1. The van der Waals surface area contributed by atoms with E-state index >= 15 is 0 Å². The molecule has 106 valence electrons. The lowest BCUT2D eigenvalue weighted by Gasteiger charge is -2.25. The first-order valence-electron chi connectivity index (χ1n) is 6.06. The smallest absolute Gasteiger partial charge is 0.325 e. The van der Waals surface area contributed by atoms with E-state index in [1.807, 2.05) is 0 Å². The molecule has 1 rings (SSSR count). The summed E-state index contributed by atoms with van der Waals surface area (Å²) in [6, 6.07) is 4.64. The van der Waals surface area contributed by atoms with Crippen LogP contribution in [0.2, 0.25) is 0 Å². The Morgan fingerprint density at radius 2 is 2.16 bits per heavy atom. The third kappa shape index (κ3) is 4.21. The van der Waals surface area contributed by atoms with Crippen LogP contribution in [0.25, 0.3) is 0 Å². The highest BCUT2D eigenvalue weighted by atomic mass is 19.1. The highest BCUT2D eigenvalue weighted by Crippen LogP contribution is 2.20. The van der Waals surface area contributed by atoms with Crippen molar-refractivity contribution in [3.05, 3.63) is 29.6 Å². The Hall–Kier alpha value is -1.62. The molecule has 0 heterocycles. The Morgan fingerprint density at radius 3 is 2.68 bits per heavy atom. The molecular formula is C14H20FNO3. The number of hydrogen-bond acceptors (Lipinski definition) is 4. The number of halogens is 1. The number of benzene rings is 1. The van der Waals surface area contributed by atoms with Gasteiger partial charge in [0.1, 0.15) is 17.1 Å². The molecule has 0 radical (unpaired) electrons. The van der Waals surface area contributed by atoms with Crippen LogP contribution >= 0.6 is 0 Å². The second kappa shape index (κ2) is 6.02. The van der Waals surface area contributed by atoms with Crippen molar-refractivity contribution in [3.8, 4) is 5.75 Å². The van der Waals surface area contributed by atoms with E-state index in [0.717, 1.165) is 0 Å². The van der Waals surface area contributed by atoms with Crippen LogP contribution in [0.3, 0.4) is 0 Å². The van der Waals surface area contributed by atoms with Gasteiger partial charge in [0.25, 0.3) is 0 Å². The van der Waals surface area contributed by atoms with Crippen LogP contribution in [0, 0.1) is 12.7 Å². The van der Waals surface area contributed by atoms with E-state index in [9.17, 15) is 9.18 Å². The van der Waals surface area contributed by atoms with Gasteiger partial charge in [-0.15, -0.1) is 0 Å². The number of hydrogen-bond donors (Lipinski definition) is 1. The highest BCUT2D eigenvalue weighted by Gasteiger charge is 2.32. The minimum absolute atomic E-state index is 0.273. The molecule has 0 aliphatic heterocycles. The van der Waals surface area contributed by atoms with Crippen molar-refractivity contribution in [2.24, 2.45) is 5.73 Å². The largest absolute Gasteiger partial charge is 0.491 e. The lowest BCUT2D eigenvalue weighted by molar-refractivity contribution is -0.147. The molecule has 2 unspecified atom stereocenters. The Morgan fingerprint density at radius 1 is 1.53 bits per heavy atom. The van der Waals surface area contributed by atoms with Crippen LogP contribution in [0.4, 0.5) is 4.39 Å². The van der Waals surface area contributed by atoms with Gasteiger partial charge in [-0.2, -0.15) is 0 Å². The average molecular weight is 269 g/mol. The molecule has 1 aromatic rings. The molecule has 0 spiro atoms. The molecule has 0 aliphatic rings. The first-order chi connectivity index (χ1) is 8.76. The van der Waals surface area contributed by atoms with Gasteiger partial charge in [0, 0.05) is 12.5 Å². The molecule has 1 aromatic carbocycles. The summed E-state index contributed by atoms with van der Waals surface area (Å²) >= 11 is 0. The summed E-state index contributed by atoms with van der Waals surface area (Å²) in [5, 5.41) is 0. The number of methoxy groups -OCH3 is 1. The SMILES string of the molecule is COC(=O)C(C)(N)CC(C)Oc1ccc(C)c(F)c1. The Kier molecular flexibility index (Phi) is 4.89. The summed E-state index contributed by atoms with van der Waals surface area (Å²) in [4.78, 5) is 11.5. The predicted octanol–water partition coefficient (Wildman–Crippen LogP) is 2.18. The van der Waals surface area contributed by atoms with Crippen molar-refractivity contribution < 1.29 is 18.7 Å². The number of nitrogens with two attached hydrogens (primary N) is 1. The third-order valence-corrected chi connectivity index (χ3v) is 2.84. The summed E-state index contributed by atoms with van der Waals surface area (Å²) in [5.74, 6) is -0.414. The zero-order chi connectivity index (χ0) is 14.6. The predicted molar refractivity (Wildman–Crippen MR) is 70.5 cm³/mol. The molecule has 0 amide bonds. The normalized spacial score (nSPS) is 15.5. The van der Waals surface area contributed by atoms with Crippen LogP contribution in [0.1, 0.15) is 25.8 Å². The molecule has 5 heteroatoms. The average Bonchev–Trinajstić information content (AvgIpc) is 2.32. The number of rotatable bonds is 5. The summed E-state index contributed by atoms with van der Waals surface area (Å²) in [6.07, 6.45) is -0.0639. The van der Waals surface area contributed by atoms with Gasteiger partial charge in [-0.3, -0.25) is 4.79 Å². The van der Waals surface area contributed by atoms with Crippen LogP contribution < -0.4 is 10.5 Å². The van der Waals surface area contributed by atoms with Crippen molar-refractivity contribution in [1.82, 2.24) is 0 Å². The first-order valence-corrected chi connectivity index (χ1v) is 6.06. The molecule has 0 aliphatic carbocycles. The number of carbonyl (C=O) groups is 1. The minimum atomic E-state index is -1.13. The Labute approximate surface area is 112 Å². The highest BCUT2D eigenvalue weighted by molar-refractivity contribution is 5.79. The van der Waals surface area contributed by atoms with Crippen molar-refractivity contribution in [2.45, 2.75) is 38.8 Å². The van der Waals surface area contributed by atoms with Crippen LogP contribution in [0.15, 0.2) is 18.2 Å². The zero-order valence-corrected chi connectivity index (χ0v) is 11.7. The second-order valence-electron chi connectivity index (χ2n) is 4.95. The Bertz CT molecular complexity index is 460. The topological polar surface area (TPSA) is 61.5 Å². The lowest BCUT2D eigenvalue weighted by Crippen LogP contribution is -2.48. The van der Waals surface area contributed by atoms with E-state index in [-0.39, 0.29) is 18.3 Å². The molecule has 4 nitrogen and oxygen atoms in total. The summed E-state index contributed by atoms with van der Waals surface area (Å²) < 4.78 is 23.5. The summed E-state index contributed by atoms with van der Waals surface area (Å²) in [6.45, 7) is 5.02. The van der Waals surface area contributed by atoms with Gasteiger partial charge in [-0.25, -0.2) is 4.39 Å². The molecule has 0 saturated carbocycles. The van der Waals surface area contributed by atoms with Crippen molar-refractivity contribution in [2.75, 3.05) is 7.11 Å². The second-order valence-corrected chi connectivity index (χ2v) is 4.95. The monoisotopic (exact) mass is 269 g/mol. The van der Waals surface area contributed by atoms with E-state index in [1.54, 1.807) is 32.9 Å². The van der Waals surface area contributed by atoms with Gasteiger partial charge in [0.05, 0.1) is 13.2 Å². The standard InChI is InChI=1S/C14H20FNO3/c1-9-5-6-11(7-12(9)15)19-10(2)8-14(3,16)13(17)18-4/h5-7,10H,8,16H2,1-4H3. The van der Waals surface area contributed by atoms with E-state index < -0.39 is 11.5 Å². The zero-order valence-electron chi connectivity index (χ0n) is 11.7. The molecule has 0 saturated heterocycles. The van der Waals surface area contributed by atoms with Gasteiger partial charge in [0.15, 0.2) is 0 Å². The van der Waals surface area contributed by atoms with E-state index in [0.29, 0.717) is 11.3 Å². The fourth-order valence-electron chi connectivity index (χ4n) is 1.83. The molecule has 0 fully saturated rings. The molecule has 0 aromatic heterocycles. The molecule has 2 atom stereocenters. The van der Waals surface area contributed by atoms with Gasteiger partial charge in [0.2, 0.25) is 0 Å². The van der Waals surface area contributed by atoms with Crippen molar-refractivity contribution in [3.63, 3.8) is 0 Å². The maximum Gasteiger partial charge on any atom is 0.325 e. The minimum Gasteiger partial charge on any atom is -0.491 e. The van der Waals surface area contributed by atoms with E-state index in [2.05, 4.69) is 4.74 Å². The molecule has 0 bridgehead atoms. The van der Waals surface area contributed by atoms with Crippen molar-refractivity contribution in [1.29, 1.82) is 0 Å². The fraction of sp³-hybridized carbons (Fsp3) is 0.500.